The molecule has 102 valence electrons. The van der Waals surface area contributed by atoms with Crippen LogP contribution in [0.2, 0.25) is 0 Å². The van der Waals surface area contributed by atoms with Gasteiger partial charge in [0.15, 0.2) is 0 Å². The minimum atomic E-state index is 0.637. The van der Waals surface area contributed by atoms with Gasteiger partial charge >= 0.3 is 0 Å². The van der Waals surface area contributed by atoms with Crippen molar-refractivity contribution in [2.75, 3.05) is 6.54 Å². The van der Waals surface area contributed by atoms with Crippen LogP contribution >= 0.6 is 15.9 Å². The summed E-state index contributed by atoms with van der Waals surface area (Å²) in [6, 6.07) is 6.23. The molecule has 2 rings (SSSR count). The van der Waals surface area contributed by atoms with Gasteiger partial charge in [0, 0.05) is 11.0 Å². The molecule has 2 aromatic rings. The highest BCUT2D eigenvalue weighted by molar-refractivity contribution is 9.10. The molecule has 1 aromatic carbocycles. The number of halogens is 1. The van der Waals surface area contributed by atoms with Crippen LogP contribution in [0, 0.1) is 12.8 Å². The minimum absolute atomic E-state index is 0.637. The van der Waals surface area contributed by atoms with E-state index in [1.54, 1.807) is 0 Å². The maximum Gasteiger partial charge on any atom is 0.0783 e. The van der Waals surface area contributed by atoms with Crippen LogP contribution in [0.1, 0.15) is 25.1 Å². The molecule has 0 amide bonds. The van der Waals surface area contributed by atoms with Gasteiger partial charge in [0.05, 0.1) is 17.6 Å². The average molecular weight is 323 g/mol. The summed E-state index contributed by atoms with van der Waals surface area (Å²) in [6.45, 7) is 8.22. The fraction of sp³-hybridized carbons (Fsp3) is 0.429. The summed E-state index contributed by atoms with van der Waals surface area (Å²) in [5, 5.41) is 11.6. The largest absolute Gasteiger partial charge is 0.311 e. The van der Waals surface area contributed by atoms with Crippen molar-refractivity contribution in [2.24, 2.45) is 5.92 Å². The fourth-order valence-corrected chi connectivity index (χ4v) is 2.52. The summed E-state index contributed by atoms with van der Waals surface area (Å²) in [4.78, 5) is 0. The molecular formula is C14H19BrN4. The third kappa shape index (κ3) is 3.88. The van der Waals surface area contributed by atoms with Gasteiger partial charge in [-0.3, -0.25) is 0 Å². The number of hydrogen-bond acceptors (Lipinski definition) is 3. The van der Waals surface area contributed by atoms with Crippen molar-refractivity contribution in [3.8, 4) is 5.69 Å². The molecule has 0 atom stereocenters. The van der Waals surface area contributed by atoms with Crippen molar-refractivity contribution >= 4 is 15.9 Å². The van der Waals surface area contributed by atoms with Crippen LogP contribution < -0.4 is 5.32 Å². The zero-order valence-corrected chi connectivity index (χ0v) is 13.1. The van der Waals surface area contributed by atoms with Gasteiger partial charge in [-0.2, -0.15) is 0 Å². The summed E-state index contributed by atoms with van der Waals surface area (Å²) in [6.07, 6.45) is 1.81. The molecule has 0 bridgehead atoms. The van der Waals surface area contributed by atoms with E-state index in [9.17, 15) is 0 Å². The van der Waals surface area contributed by atoms with E-state index < -0.39 is 0 Å². The van der Waals surface area contributed by atoms with E-state index in [0.29, 0.717) is 5.92 Å². The Balaban J connectivity index is 2.18. The second-order valence-corrected chi connectivity index (χ2v) is 6.06. The molecule has 0 saturated heterocycles. The van der Waals surface area contributed by atoms with Crippen LogP contribution in [-0.4, -0.2) is 21.5 Å². The number of nitrogens with one attached hydrogen (secondary N) is 1. The molecule has 0 aliphatic rings. The number of aryl methyl sites for hydroxylation is 1. The number of nitrogens with zero attached hydrogens (tertiary/aromatic N) is 3. The molecule has 0 radical (unpaired) electrons. The number of hydrogen-bond donors (Lipinski definition) is 1. The number of aromatic nitrogens is 3. The van der Waals surface area contributed by atoms with Gasteiger partial charge in [-0.25, -0.2) is 4.68 Å². The second-order valence-electron chi connectivity index (χ2n) is 5.15. The molecule has 0 fully saturated rings. The number of benzene rings is 1. The fourth-order valence-electron chi connectivity index (χ4n) is 1.92. The van der Waals surface area contributed by atoms with E-state index in [1.807, 2.05) is 16.9 Å². The van der Waals surface area contributed by atoms with E-state index in [2.05, 4.69) is 64.5 Å². The summed E-state index contributed by atoms with van der Waals surface area (Å²) in [7, 11) is 0. The van der Waals surface area contributed by atoms with Gasteiger partial charge in [-0.1, -0.05) is 35.0 Å². The van der Waals surface area contributed by atoms with Crippen LogP contribution in [0.15, 0.2) is 28.9 Å². The third-order valence-electron chi connectivity index (χ3n) is 2.75. The molecule has 1 aromatic heterocycles. The van der Waals surface area contributed by atoms with Gasteiger partial charge in [0.2, 0.25) is 0 Å². The zero-order chi connectivity index (χ0) is 13.8. The van der Waals surface area contributed by atoms with Crippen molar-refractivity contribution in [1.29, 1.82) is 0 Å². The SMILES string of the molecule is Cc1cc(Br)cc(-n2nncc2CNCC(C)C)c1. The minimum Gasteiger partial charge on any atom is -0.311 e. The average Bonchev–Trinajstić information content (AvgIpc) is 2.75. The first kappa shape index (κ1) is 14.2. The molecule has 0 spiro atoms. The Morgan fingerprint density at radius 2 is 2.11 bits per heavy atom. The van der Waals surface area contributed by atoms with Crippen molar-refractivity contribution in [1.82, 2.24) is 20.3 Å². The lowest BCUT2D eigenvalue weighted by atomic mass is 10.2. The maximum atomic E-state index is 4.17. The summed E-state index contributed by atoms with van der Waals surface area (Å²) >= 11 is 3.52. The Bertz CT molecular complexity index is 528. The number of rotatable bonds is 5. The molecule has 0 aliphatic heterocycles. The van der Waals surface area contributed by atoms with E-state index in [1.165, 1.54) is 5.56 Å². The van der Waals surface area contributed by atoms with Gasteiger partial charge in [-0.15, -0.1) is 5.10 Å². The molecule has 5 heteroatoms. The summed E-state index contributed by atoms with van der Waals surface area (Å²) in [5.74, 6) is 0.637. The quantitative estimate of drug-likeness (QED) is 0.919. The van der Waals surface area contributed by atoms with E-state index in [-0.39, 0.29) is 0 Å². The van der Waals surface area contributed by atoms with E-state index >= 15 is 0 Å². The molecule has 0 aliphatic carbocycles. The summed E-state index contributed by atoms with van der Waals surface area (Å²) in [5.41, 5.74) is 3.30. The lowest BCUT2D eigenvalue weighted by Crippen LogP contribution is -2.20. The van der Waals surface area contributed by atoms with Crippen molar-refractivity contribution in [2.45, 2.75) is 27.3 Å². The van der Waals surface area contributed by atoms with Crippen LogP contribution in [-0.2, 0) is 6.54 Å². The molecule has 4 nitrogen and oxygen atoms in total. The lowest BCUT2D eigenvalue weighted by molar-refractivity contribution is 0.542. The van der Waals surface area contributed by atoms with E-state index in [0.717, 1.165) is 28.9 Å². The molecule has 19 heavy (non-hydrogen) atoms. The van der Waals surface area contributed by atoms with E-state index in [4.69, 9.17) is 0 Å². The highest BCUT2D eigenvalue weighted by Gasteiger charge is 2.07. The van der Waals surface area contributed by atoms with Gasteiger partial charge in [0.1, 0.15) is 0 Å². The second kappa shape index (κ2) is 6.30. The van der Waals surface area contributed by atoms with Crippen molar-refractivity contribution in [3.05, 3.63) is 40.1 Å². The first-order chi connectivity index (χ1) is 9.06. The maximum absolute atomic E-state index is 4.17. The van der Waals surface area contributed by atoms with Gasteiger partial charge in [0.25, 0.3) is 0 Å². The first-order valence-corrected chi connectivity index (χ1v) is 7.23. The molecule has 0 unspecified atom stereocenters. The third-order valence-corrected chi connectivity index (χ3v) is 3.21. The van der Waals surface area contributed by atoms with Crippen LogP contribution in [0.3, 0.4) is 0 Å². The van der Waals surface area contributed by atoms with Gasteiger partial charge < -0.3 is 5.32 Å². The van der Waals surface area contributed by atoms with Crippen molar-refractivity contribution < 1.29 is 0 Å². The highest BCUT2D eigenvalue weighted by Crippen LogP contribution is 2.18. The lowest BCUT2D eigenvalue weighted by Gasteiger charge is -2.10. The topological polar surface area (TPSA) is 42.7 Å². The van der Waals surface area contributed by atoms with Gasteiger partial charge in [-0.05, 0) is 43.1 Å². The molecule has 0 saturated carbocycles. The predicted molar refractivity (Wildman–Crippen MR) is 80.3 cm³/mol. The Morgan fingerprint density at radius 1 is 1.32 bits per heavy atom. The van der Waals surface area contributed by atoms with Crippen LogP contribution in [0.4, 0.5) is 0 Å². The Labute approximate surface area is 122 Å². The highest BCUT2D eigenvalue weighted by atomic mass is 79.9. The smallest absolute Gasteiger partial charge is 0.0783 e. The Kier molecular flexibility index (Phi) is 4.71. The van der Waals surface area contributed by atoms with Crippen LogP contribution in [0.5, 0.6) is 0 Å². The zero-order valence-electron chi connectivity index (χ0n) is 11.5. The first-order valence-electron chi connectivity index (χ1n) is 6.44. The predicted octanol–water partition coefficient (Wildman–Crippen LogP) is 3.08. The van der Waals surface area contributed by atoms with Crippen molar-refractivity contribution in [3.63, 3.8) is 0 Å². The normalized spacial score (nSPS) is 11.2. The molecule has 1 N–H and O–H groups in total. The van der Waals surface area contributed by atoms with Crippen LogP contribution in [0.25, 0.3) is 5.69 Å². The molecule has 1 heterocycles. The standard InChI is InChI=1S/C14H19BrN4/c1-10(2)7-16-8-14-9-17-18-19(14)13-5-11(3)4-12(15)6-13/h4-6,9-10,16H,7-8H2,1-3H3. The molecular weight excluding hydrogens is 304 g/mol. The summed E-state index contributed by atoms with van der Waals surface area (Å²) < 4.78 is 2.93. The monoisotopic (exact) mass is 322 g/mol. The Hall–Kier alpha value is -1.20. The Morgan fingerprint density at radius 3 is 2.79 bits per heavy atom.